The van der Waals surface area contributed by atoms with E-state index in [9.17, 15) is 15.2 Å². The van der Waals surface area contributed by atoms with Crippen molar-refractivity contribution in [2.45, 2.75) is 36.7 Å². The van der Waals surface area contributed by atoms with Crippen LogP contribution in [0, 0.1) is 10.1 Å². The Hall–Kier alpha value is -3.68. The van der Waals surface area contributed by atoms with Crippen molar-refractivity contribution >= 4 is 16.6 Å². The molecule has 37 heavy (non-hydrogen) atoms. The molecule has 6 rings (SSSR count). The molecule has 1 aliphatic carbocycles. The van der Waals surface area contributed by atoms with Crippen LogP contribution in [0.5, 0.6) is 5.75 Å². The summed E-state index contributed by atoms with van der Waals surface area (Å²) in [5.41, 5.74) is 3.82. The van der Waals surface area contributed by atoms with Crippen molar-refractivity contribution in [3.63, 3.8) is 0 Å². The molecule has 2 heterocycles. The number of H-pyrrole nitrogens is 1. The molecule has 190 valence electrons. The summed E-state index contributed by atoms with van der Waals surface area (Å²) in [6.07, 6.45) is 2.80. The Labute approximate surface area is 215 Å². The maximum atomic E-state index is 12.6. The number of hydrogen-bond donors (Lipinski definition) is 2. The third-order valence-corrected chi connectivity index (χ3v) is 8.55. The van der Waals surface area contributed by atoms with Crippen molar-refractivity contribution in [1.82, 2.24) is 9.88 Å². The molecule has 0 saturated carbocycles. The number of ether oxygens (including phenoxy) is 1. The topological polar surface area (TPSA) is 91.6 Å². The van der Waals surface area contributed by atoms with E-state index in [1.807, 2.05) is 18.2 Å². The van der Waals surface area contributed by atoms with Gasteiger partial charge in [-0.3, -0.25) is 10.1 Å². The van der Waals surface area contributed by atoms with E-state index in [1.54, 1.807) is 19.2 Å². The molecule has 1 saturated heterocycles. The van der Waals surface area contributed by atoms with E-state index < -0.39 is 11.0 Å². The Bertz CT molecular complexity index is 1470. The van der Waals surface area contributed by atoms with Crippen LogP contribution in [0.3, 0.4) is 0 Å². The van der Waals surface area contributed by atoms with Gasteiger partial charge in [-0.1, -0.05) is 42.5 Å². The molecule has 1 fully saturated rings. The molecule has 0 bridgehead atoms. The van der Waals surface area contributed by atoms with Gasteiger partial charge in [0.1, 0.15) is 5.75 Å². The van der Waals surface area contributed by atoms with Gasteiger partial charge >= 0.3 is 0 Å². The minimum absolute atomic E-state index is 0.0686. The number of likely N-dealkylation sites (tertiary alicyclic amines) is 1. The SMILES string of the molecule is COc1cccc([C@@]23CCN(CCc4ccccc4)C[C@@]2(O)Cc2c([nH]c4ccc([N+](=O)[O-])cc24)C3)c1. The number of hydrogen-bond acceptors (Lipinski definition) is 5. The zero-order valence-electron chi connectivity index (χ0n) is 20.9. The van der Waals surface area contributed by atoms with Gasteiger partial charge in [-0.15, -0.1) is 0 Å². The minimum atomic E-state index is -1.04. The van der Waals surface area contributed by atoms with Gasteiger partial charge in [0.05, 0.1) is 17.6 Å². The van der Waals surface area contributed by atoms with Crippen LogP contribution in [0.2, 0.25) is 0 Å². The van der Waals surface area contributed by atoms with Crippen molar-refractivity contribution in [3.8, 4) is 5.75 Å². The molecule has 0 radical (unpaired) electrons. The van der Waals surface area contributed by atoms with Crippen LogP contribution in [-0.2, 0) is 24.7 Å². The van der Waals surface area contributed by atoms with Crippen LogP contribution in [0.1, 0.15) is 28.8 Å². The molecule has 0 spiro atoms. The lowest BCUT2D eigenvalue weighted by Gasteiger charge is -2.56. The lowest BCUT2D eigenvalue weighted by atomic mass is 9.56. The number of fused-ring (bicyclic) bond motifs is 4. The first kappa shape index (κ1) is 23.7. The van der Waals surface area contributed by atoms with Crippen LogP contribution in [0.4, 0.5) is 5.69 Å². The van der Waals surface area contributed by atoms with E-state index in [0.717, 1.165) is 59.4 Å². The largest absolute Gasteiger partial charge is 0.497 e. The molecule has 1 aliphatic heterocycles. The molecule has 2 aliphatic rings. The lowest BCUT2D eigenvalue weighted by Crippen LogP contribution is -2.66. The number of β-amino-alcohol motifs (C(OH)–C–C–N with tert-alkyl or cyclic N) is 1. The maximum absolute atomic E-state index is 12.6. The van der Waals surface area contributed by atoms with Crippen molar-refractivity contribution in [2.24, 2.45) is 0 Å². The molecule has 4 aromatic rings. The number of non-ortho nitro benzene ring substituents is 1. The molecule has 2 N–H and O–H groups in total. The van der Waals surface area contributed by atoms with Crippen LogP contribution in [0.25, 0.3) is 10.9 Å². The number of methoxy groups -OCH3 is 1. The zero-order valence-corrected chi connectivity index (χ0v) is 20.9. The average molecular weight is 498 g/mol. The Morgan fingerprint density at radius 3 is 2.70 bits per heavy atom. The highest BCUT2D eigenvalue weighted by atomic mass is 16.6. The fraction of sp³-hybridized carbons (Fsp3) is 0.333. The quantitative estimate of drug-likeness (QED) is 0.295. The Morgan fingerprint density at radius 1 is 1.08 bits per heavy atom. The first-order chi connectivity index (χ1) is 17.9. The molecule has 1 aromatic heterocycles. The second-order valence-electron chi connectivity index (χ2n) is 10.5. The zero-order chi connectivity index (χ0) is 25.6. The average Bonchev–Trinajstić information content (AvgIpc) is 3.26. The van der Waals surface area contributed by atoms with Gasteiger partial charge in [0.25, 0.3) is 5.69 Å². The molecule has 7 nitrogen and oxygen atoms in total. The summed E-state index contributed by atoms with van der Waals surface area (Å²) in [5, 5.41) is 24.9. The number of nitrogens with zero attached hydrogens (tertiary/aromatic N) is 2. The van der Waals surface area contributed by atoms with Crippen LogP contribution in [0.15, 0.2) is 72.8 Å². The van der Waals surface area contributed by atoms with Gasteiger partial charge in [0.15, 0.2) is 0 Å². The number of aromatic nitrogens is 1. The molecular weight excluding hydrogens is 466 g/mol. The van der Waals surface area contributed by atoms with Crippen LogP contribution >= 0.6 is 0 Å². The monoisotopic (exact) mass is 497 g/mol. The Kier molecular flexibility index (Phi) is 5.77. The van der Waals surface area contributed by atoms with Gasteiger partial charge in [-0.2, -0.15) is 0 Å². The van der Waals surface area contributed by atoms with Crippen LogP contribution < -0.4 is 4.74 Å². The second-order valence-corrected chi connectivity index (χ2v) is 10.5. The summed E-state index contributed by atoms with van der Waals surface area (Å²) in [4.78, 5) is 17.0. The van der Waals surface area contributed by atoms with Crippen molar-refractivity contribution < 1.29 is 14.8 Å². The van der Waals surface area contributed by atoms with Gasteiger partial charge in [-0.05, 0) is 54.3 Å². The fourth-order valence-electron chi connectivity index (χ4n) is 6.57. The number of aromatic amines is 1. The highest BCUT2D eigenvalue weighted by Gasteiger charge is 2.57. The van der Waals surface area contributed by atoms with E-state index in [1.165, 1.54) is 11.6 Å². The lowest BCUT2D eigenvalue weighted by molar-refractivity contribution is -0.384. The molecule has 3 aromatic carbocycles. The molecule has 7 heteroatoms. The molecule has 2 atom stereocenters. The fourth-order valence-corrected chi connectivity index (χ4v) is 6.57. The summed E-state index contributed by atoms with van der Waals surface area (Å²) < 4.78 is 5.55. The molecular formula is C30H31N3O4. The minimum Gasteiger partial charge on any atom is -0.497 e. The van der Waals surface area contributed by atoms with Gasteiger partial charge in [-0.25, -0.2) is 0 Å². The summed E-state index contributed by atoms with van der Waals surface area (Å²) in [5.74, 6) is 0.777. The van der Waals surface area contributed by atoms with E-state index in [4.69, 9.17) is 4.74 Å². The second kappa shape index (κ2) is 9.01. The first-order valence-electron chi connectivity index (χ1n) is 12.8. The number of rotatable bonds is 6. The summed E-state index contributed by atoms with van der Waals surface area (Å²) in [7, 11) is 1.67. The molecule has 0 unspecified atom stereocenters. The van der Waals surface area contributed by atoms with E-state index in [-0.39, 0.29) is 10.6 Å². The highest BCUT2D eigenvalue weighted by molar-refractivity contribution is 5.87. The van der Waals surface area contributed by atoms with Gasteiger partial charge in [0.2, 0.25) is 0 Å². The first-order valence-corrected chi connectivity index (χ1v) is 12.8. The maximum Gasteiger partial charge on any atom is 0.270 e. The third kappa shape index (κ3) is 3.99. The highest BCUT2D eigenvalue weighted by Crippen LogP contribution is 2.52. The van der Waals surface area contributed by atoms with E-state index >= 15 is 0 Å². The summed E-state index contributed by atoms with van der Waals surface area (Å²) in [6.45, 7) is 2.29. The number of nitrogens with one attached hydrogen (secondary N) is 1. The molecule has 0 amide bonds. The van der Waals surface area contributed by atoms with Crippen LogP contribution in [-0.4, -0.2) is 52.3 Å². The van der Waals surface area contributed by atoms with Crippen molar-refractivity contribution in [1.29, 1.82) is 0 Å². The van der Waals surface area contributed by atoms with Gasteiger partial charge < -0.3 is 19.7 Å². The number of nitro groups is 1. The number of benzene rings is 3. The van der Waals surface area contributed by atoms with Crippen molar-refractivity contribution in [3.05, 3.63) is 105 Å². The third-order valence-electron chi connectivity index (χ3n) is 8.55. The number of aliphatic hydroxyl groups is 1. The standard InChI is InChI=1S/C30H31N3O4/c1-37-24-9-5-8-22(16-24)29-13-15-32(14-12-21-6-3-2-4-7-21)20-30(29,34)18-26-25-17-23(33(35)36)10-11-27(25)31-28(26)19-29/h2-11,16-17,31,34H,12-15,18-20H2,1H3/t29-,30-/m0/s1. The number of piperidine rings is 1. The smallest absolute Gasteiger partial charge is 0.270 e. The predicted octanol–water partition coefficient (Wildman–Crippen LogP) is 4.80. The number of nitro benzene ring substituents is 1. The van der Waals surface area contributed by atoms with Crippen molar-refractivity contribution in [2.75, 3.05) is 26.7 Å². The Morgan fingerprint density at radius 2 is 1.92 bits per heavy atom. The normalized spacial score (nSPS) is 23.4. The Balaban J connectivity index is 1.41. The van der Waals surface area contributed by atoms with E-state index in [2.05, 4.69) is 46.3 Å². The van der Waals surface area contributed by atoms with E-state index in [0.29, 0.717) is 19.4 Å². The predicted molar refractivity (Wildman–Crippen MR) is 143 cm³/mol. The summed E-state index contributed by atoms with van der Waals surface area (Å²) >= 11 is 0. The van der Waals surface area contributed by atoms with Gasteiger partial charge in [0, 0.05) is 60.1 Å². The summed E-state index contributed by atoms with van der Waals surface area (Å²) in [6, 6.07) is 23.5.